The first-order valence-electron chi connectivity index (χ1n) is 10.5. The van der Waals surface area contributed by atoms with Gasteiger partial charge in [-0.1, -0.05) is 25.7 Å². The van der Waals surface area contributed by atoms with E-state index in [0.717, 1.165) is 10.9 Å². The van der Waals surface area contributed by atoms with Crippen LogP contribution in [0.4, 0.5) is 21.9 Å². The Morgan fingerprint density at radius 3 is 2.27 bits per heavy atom. The van der Waals surface area contributed by atoms with Gasteiger partial charge in [-0.25, -0.2) is 4.79 Å². The number of nitrogens with two attached hydrogens (primary N) is 1. The predicted molar refractivity (Wildman–Crippen MR) is 137 cm³/mol. The molecule has 0 radical (unpaired) electrons. The number of hydrogen-bond acceptors (Lipinski definition) is 5. The third kappa shape index (κ3) is 6.30. The van der Waals surface area contributed by atoms with Gasteiger partial charge in [0.2, 0.25) is 5.91 Å². The molecule has 0 aliphatic heterocycles. The van der Waals surface area contributed by atoms with Crippen molar-refractivity contribution in [1.82, 2.24) is 0 Å². The van der Waals surface area contributed by atoms with E-state index < -0.39 is 20.0 Å². The van der Waals surface area contributed by atoms with E-state index in [0.29, 0.717) is 23.2 Å². The molecule has 33 heavy (non-hydrogen) atoms. The number of rotatable bonds is 8. The van der Waals surface area contributed by atoms with Crippen LogP contribution in [0.3, 0.4) is 0 Å². The number of benzene rings is 2. The Kier molecular flexibility index (Phi) is 7.35. The lowest BCUT2D eigenvalue weighted by Crippen LogP contribution is -2.22. The normalized spacial score (nSPS) is 11.1. The lowest BCUT2D eigenvalue weighted by atomic mass is 9.96. The predicted octanol–water partition coefficient (Wildman–Crippen LogP) is 5.99. The minimum absolute atomic E-state index is 0.0580. The minimum Gasteiger partial charge on any atom is -0.465 e. The minimum atomic E-state index is -1.31. The molecule has 0 aliphatic carbocycles. The summed E-state index contributed by atoms with van der Waals surface area (Å²) in [6, 6.07) is 14.4. The van der Waals surface area contributed by atoms with Gasteiger partial charge in [-0.15, -0.1) is 11.3 Å². The van der Waals surface area contributed by atoms with Crippen molar-refractivity contribution < 1.29 is 19.5 Å². The van der Waals surface area contributed by atoms with Gasteiger partial charge < -0.3 is 16.2 Å². The molecule has 0 unspecified atom stereocenters. The fourth-order valence-electron chi connectivity index (χ4n) is 3.29. The Hall–Kier alpha value is -3.43. The summed E-state index contributed by atoms with van der Waals surface area (Å²) in [7, 11) is -1.31. The number of carbonyl (C=O) groups excluding carboxylic acids is 2. The van der Waals surface area contributed by atoms with E-state index in [-0.39, 0.29) is 22.8 Å². The van der Waals surface area contributed by atoms with Crippen molar-refractivity contribution in [2.24, 2.45) is 0 Å². The molecule has 7 nitrogen and oxygen atoms in total. The van der Waals surface area contributed by atoms with E-state index in [4.69, 9.17) is 5.73 Å². The summed E-state index contributed by atoms with van der Waals surface area (Å²) in [6.07, 6.45) is -0.823. The molecular weight excluding hydrogens is 454 g/mol. The number of carboxylic acid groups (broad SMARTS) is 1. The van der Waals surface area contributed by atoms with Crippen LogP contribution in [0.5, 0.6) is 0 Å². The van der Waals surface area contributed by atoms with Crippen LogP contribution in [0, 0.1) is 0 Å². The van der Waals surface area contributed by atoms with Crippen molar-refractivity contribution in [2.75, 3.05) is 16.4 Å². The molecule has 9 heteroatoms. The first kappa shape index (κ1) is 24.2. The molecule has 0 atom stereocenters. The number of nitrogen functional groups attached to an aromatic ring is 1. The number of anilines is 3. The Balaban J connectivity index is 1.87. The monoisotopic (exact) mass is 481 g/mol. The number of nitrogens with one attached hydrogen (secondary N) is 2. The van der Waals surface area contributed by atoms with E-state index in [2.05, 4.69) is 30.3 Å². The summed E-state index contributed by atoms with van der Waals surface area (Å²) in [4.78, 5) is 37.7. The number of amides is 2. The van der Waals surface area contributed by atoms with E-state index >= 15 is 0 Å². The molecule has 0 spiro atoms. The zero-order chi connectivity index (χ0) is 24.2. The third-order valence-electron chi connectivity index (χ3n) is 5.03. The first-order chi connectivity index (χ1) is 15.5. The highest BCUT2D eigenvalue weighted by molar-refractivity contribution is 7.13. The molecule has 0 bridgehead atoms. The topological polar surface area (TPSA) is 122 Å². The smallest absolute Gasteiger partial charge is 0.409 e. The quantitative estimate of drug-likeness (QED) is 0.179. The zero-order valence-electron chi connectivity index (χ0n) is 18.8. The lowest BCUT2D eigenvalue weighted by molar-refractivity contribution is -0.115. The summed E-state index contributed by atoms with van der Waals surface area (Å²) >= 11 is 1.47. The molecule has 0 saturated carbocycles. The van der Waals surface area contributed by atoms with Crippen LogP contribution < -0.4 is 16.4 Å². The number of thiophene rings is 1. The van der Waals surface area contributed by atoms with Crippen molar-refractivity contribution in [3.05, 3.63) is 65.0 Å². The van der Waals surface area contributed by atoms with Crippen LogP contribution in [-0.4, -0.2) is 31.0 Å². The highest BCUT2D eigenvalue weighted by Crippen LogP contribution is 2.37. The summed E-state index contributed by atoms with van der Waals surface area (Å²) in [5, 5.41) is 16.2. The number of hydrogen-bond donors (Lipinski definition) is 4. The van der Waals surface area contributed by atoms with Crippen LogP contribution in [0.25, 0.3) is 10.4 Å². The summed E-state index contributed by atoms with van der Waals surface area (Å²) < 4.78 is 0. The average molecular weight is 482 g/mol. The van der Waals surface area contributed by atoms with Gasteiger partial charge in [0.15, 0.2) is 5.78 Å². The molecule has 5 N–H and O–H groups in total. The molecule has 172 valence electrons. The fraction of sp³-hybridized carbons (Fsp3) is 0.208. The maximum Gasteiger partial charge on any atom is 0.409 e. The largest absolute Gasteiger partial charge is 0.465 e. The van der Waals surface area contributed by atoms with Crippen LogP contribution in [0.1, 0.15) is 22.3 Å². The number of ketones is 1. The zero-order valence-corrected chi connectivity index (χ0v) is 20.6. The van der Waals surface area contributed by atoms with E-state index in [1.54, 1.807) is 36.4 Å². The highest BCUT2D eigenvalue weighted by Gasteiger charge is 2.22. The molecular formula is C24H27N3O4SSi. The van der Waals surface area contributed by atoms with Gasteiger partial charge in [-0.3, -0.25) is 14.9 Å². The third-order valence-corrected chi connectivity index (χ3v) is 7.69. The van der Waals surface area contributed by atoms with E-state index in [1.165, 1.54) is 11.3 Å². The van der Waals surface area contributed by atoms with Crippen LogP contribution >= 0.6 is 11.3 Å². The molecule has 2 aromatic carbocycles. The maximum atomic E-state index is 13.3. The van der Waals surface area contributed by atoms with Crippen molar-refractivity contribution in [3.8, 4) is 10.4 Å². The summed E-state index contributed by atoms with van der Waals surface area (Å²) in [5.74, 6) is -0.469. The SMILES string of the molecule is C[Si](C)(C)CCC(=O)Nc1ccc(C(=O)c2c(NC(=O)O)ccc(-c3cccs3)c2N)cc1. The highest BCUT2D eigenvalue weighted by atomic mass is 32.1. The molecule has 0 saturated heterocycles. The second kappa shape index (κ2) is 10.0. The Bertz CT molecular complexity index is 1170. The van der Waals surface area contributed by atoms with Gasteiger partial charge in [-0.05, 0) is 53.9 Å². The first-order valence-corrected chi connectivity index (χ1v) is 15.0. The molecule has 3 aromatic rings. The van der Waals surface area contributed by atoms with Crippen LogP contribution in [0.15, 0.2) is 53.9 Å². The summed E-state index contributed by atoms with van der Waals surface area (Å²) in [6.45, 7) is 6.65. The number of carbonyl (C=O) groups is 3. The van der Waals surface area contributed by atoms with Crippen molar-refractivity contribution in [1.29, 1.82) is 0 Å². The van der Waals surface area contributed by atoms with Crippen molar-refractivity contribution in [3.63, 3.8) is 0 Å². The van der Waals surface area contributed by atoms with Gasteiger partial charge in [-0.2, -0.15) is 0 Å². The van der Waals surface area contributed by atoms with Gasteiger partial charge in [0, 0.05) is 36.2 Å². The lowest BCUT2D eigenvalue weighted by Gasteiger charge is -2.16. The fourth-order valence-corrected chi connectivity index (χ4v) is 5.03. The Morgan fingerprint density at radius 1 is 1.00 bits per heavy atom. The average Bonchev–Trinajstić information content (AvgIpc) is 3.26. The van der Waals surface area contributed by atoms with Crippen LogP contribution in [0.2, 0.25) is 25.7 Å². The second-order valence-electron chi connectivity index (χ2n) is 8.87. The van der Waals surface area contributed by atoms with Gasteiger partial charge in [0.25, 0.3) is 0 Å². The molecule has 1 heterocycles. The molecule has 0 aliphatic rings. The molecule has 0 fully saturated rings. The van der Waals surface area contributed by atoms with Crippen molar-refractivity contribution >= 4 is 54.3 Å². The maximum absolute atomic E-state index is 13.3. The van der Waals surface area contributed by atoms with Crippen LogP contribution in [-0.2, 0) is 4.79 Å². The summed E-state index contributed by atoms with van der Waals surface area (Å²) in [5.41, 5.74) is 8.36. The Morgan fingerprint density at radius 2 is 1.70 bits per heavy atom. The standard InChI is InChI=1S/C24H27N3O4SSi/c1-33(2,3)14-12-20(28)26-16-8-6-15(7-9-16)23(29)21-18(27-24(30)31)11-10-17(22(21)25)19-5-4-13-32-19/h4-11,13,27H,12,14,25H2,1-3H3,(H,26,28)(H,30,31). The van der Waals surface area contributed by atoms with Gasteiger partial charge in [0.1, 0.15) is 0 Å². The van der Waals surface area contributed by atoms with Crippen molar-refractivity contribution in [2.45, 2.75) is 32.1 Å². The molecule has 3 rings (SSSR count). The van der Waals surface area contributed by atoms with Gasteiger partial charge in [0.05, 0.1) is 16.9 Å². The second-order valence-corrected chi connectivity index (χ2v) is 15.4. The molecule has 2 amide bonds. The van der Waals surface area contributed by atoms with E-state index in [9.17, 15) is 19.5 Å². The van der Waals surface area contributed by atoms with Gasteiger partial charge >= 0.3 is 6.09 Å². The Labute approximate surface area is 197 Å². The molecule has 1 aromatic heterocycles. The van der Waals surface area contributed by atoms with E-state index in [1.807, 2.05) is 17.5 Å².